The Morgan fingerprint density at radius 2 is 1.51 bits per heavy atom. The molecule has 0 aliphatic rings. The predicted octanol–water partition coefficient (Wildman–Crippen LogP) is 11.8. The molecule has 0 aliphatic heterocycles. The fourth-order valence-electron chi connectivity index (χ4n) is 6.92. The van der Waals surface area contributed by atoms with Gasteiger partial charge in [0, 0.05) is 40.4 Å². The van der Waals surface area contributed by atoms with E-state index in [9.17, 15) is 0 Å². The Morgan fingerprint density at radius 3 is 2.29 bits per heavy atom. The van der Waals surface area contributed by atoms with Gasteiger partial charge in [0.1, 0.15) is 17.3 Å². The average molecular weight is 647 g/mol. The Labute approximate surface area is 290 Å². The van der Waals surface area contributed by atoms with Gasteiger partial charge in [0.25, 0.3) is 0 Å². The molecule has 4 aromatic carbocycles. The summed E-state index contributed by atoms with van der Waals surface area (Å²) < 4.78 is 10.9. The van der Waals surface area contributed by atoms with Crippen LogP contribution in [0.3, 0.4) is 0 Å². The van der Waals surface area contributed by atoms with Gasteiger partial charge < -0.3 is 4.74 Å². The minimum atomic E-state index is 0.459. The summed E-state index contributed by atoms with van der Waals surface area (Å²) in [5.41, 5.74) is 10.3. The minimum Gasteiger partial charge on any atom is -0.457 e. The third-order valence-electron chi connectivity index (χ3n) is 9.99. The van der Waals surface area contributed by atoms with E-state index in [-0.39, 0.29) is 0 Å². The average Bonchev–Trinajstić information content (AvgIpc) is 3.59. The van der Waals surface area contributed by atoms with Crippen LogP contribution in [0.1, 0.15) is 69.5 Å². The van der Waals surface area contributed by atoms with E-state index >= 15 is 0 Å². The third-order valence-corrected chi connectivity index (χ3v) is 9.99. The molecule has 7 rings (SSSR count). The Bertz CT molecular complexity index is 2260. The molecule has 0 N–H and O–H groups in total. The standard InChI is InChI=1S/C44H46N4O/c1-28(2)16-17-33-22-23-45-43(24-33)47-41-21-18-35(30(5)29(3)4)25-40(41)39-20-19-38(27-42(39)47)49-37-15-11-14-36(26-37)48-32(7)44(31(6)46-48)34-12-9-8-10-13-34/h8-15,18-30H,16-17H2,1-7H3. The molecule has 0 fully saturated rings. The fraction of sp³-hybridized carbons (Fsp3) is 0.273. The van der Waals surface area contributed by atoms with Crippen LogP contribution < -0.4 is 4.74 Å². The van der Waals surface area contributed by atoms with Crippen molar-refractivity contribution in [1.29, 1.82) is 0 Å². The maximum Gasteiger partial charge on any atom is 0.137 e. The van der Waals surface area contributed by atoms with Crippen molar-refractivity contribution in [2.24, 2.45) is 11.8 Å². The largest absolute Gasteiger partial charge is 0.457 e. The zero-order chi connectivity index (χ0) is 34.2. The molecule has 1 atom stereocenters. The van der Waals surface area contributed by atoms with Gasteiger partial charge in [-0.3, -0.25) is 4.57 Å². The van der Waals surface area contributed by atoms with Gasteiger partial charge in [-0.15, -0.1) is 0 Å². The highest BCUT2D eigenvalue weighted by Gasteiger charge is 2.19. The maximum absolute atomic E-state index is 6.60. The number of hydrogen-bond donors (Lipinski definition) is 0. The van der Waals surface area contributed by atoms with Gasteiger partial charge in [0.05, 0.1) is 22.4 Å². The van der Waals surface area contributed by atoms with Crippen molar-refractivity contribution < 1.29 is 4.74 Å². The first-order valence-corrected chi connectivity index (χ1v) is 17.6. The molecule has 0 saturated heterocycles. The molecule has 5 nitrogen and oxygen atoms in total. The second-order valence-electron chi connectivity index (χ2n) is 14.2. The van der Waals surface area contributed by atoms with Gasteiger partial charge in [0.2, 0.25) is 0 Å². The lowest BCUT2D eigenvalue weighted by Crippen LogP contribution is -2.02. The topological polar surface area (TPSA) is 44.9 Å². The number of rotatable bonds is 10. The van der Waals surface area contributed by atoms with Gasteiger partial charge in [-0.2, -0.15) is 5.10 Å². The number of pyridine rings is 1. The van der Waals surface area contributed by atoms with E-state index in [0.717, 1.165) is 63.8 Å². The van der Waals surface area contributed by atoms with Crippen LogP contribution >= 0.6 is 0 Å². The van der Waals surface area contributed by atoms with Crippen molar-refractivity contribution in [3.8, 4) is 34.1 Å². The number of fused-ring (bicyclic) bond motifs is 3. The fourth-order valence-corrected chi connectivity index (χ4v) is 6.92. The molecule has 0 bridgehead atoms. The Kier molecular flexibility index (Phi) is 8.85. The molecular weight excluding hydrogens is 601 g/mol. The Balaban J connectivity index is 1.30. The Morgan fingerprint density at radius 1 is 0.714 bits per heavy atom. The quantitative estimate of drug-likeness (QED) is 0.149. The van der Waals surface area contributed by atoms with Gasteiger partial charge >= 0.3 is 0 Å². The Hall–Kier alpha value is -5.16. The molecule has 0 aliphatic carbocycles. The summed E-state index contributed by atoms with van der Waals surface area (Å²) in [6.45, 7) is 15.7. The van der Waals surface area contributed by atoms with E-state index in [1.807, 2.05) is 29.1 Å². The molecule has 5 heteroatoms. The third kappa shape index (κ3) is 6.38. The van der Waals surface area contributed by atoms with Crippen LogP contribution in [0.4, 0.5) is 0 Å². The van der Waals surface area contributed by atoms with Gasteiger partial charge in [0.15, 0.2) is 0 Å². The maximum atomic E-state index is 6.60. The summed E-state index contributed by atoms with van der Waals surface area (Å²) in [5, 5.41) is 7.36. The van der Waals surface area contributed by atoms with Crippen molar-refractivity contribution in [2.75, 3.05) is 0 Å². The van der Waals surface area contributed by atoms with E-state index in [1.165, 1.54) is 27.5 Å². The van der Waals surface area contributed by atoms with Crippen molar-refractivity contribution in [3.05, 3.63) is 132 Å². The van der Waals surface area contributed by atoms with Crippen LogP contribution in [0.15, 0.2) is 109 Å². The monoisotopic (exact) mass is 646 g/mol. The highest BCUT2D eigenvalue weighted by molar-refractivity contribution is 6.09. The second-order valence-corrected chi connectivity index (χ2v) is 14.2. The van der Waals surface area contributed by atoms with Crippen LogP contribution in [0.2, 0.25) is 0 Å². The summed E-state index contributed by atoms with van der Waals surface area (Å²) in [7, 11) is 0. The molecule has 1 unspecified atom stereocenters. The number of aromatic nitrogens is 4. The number of ether oxygens (including phenoxy) is 1. The number of benzene rings is 4. The molecule has 0 amide bonds. The molecule has 3 heterocycles. The first-order chi connectivity index (χ1) is 23.7. The van der Waals surface area contributed by atoms with Crippen LogP contribution in [0.25, 0.3) is 44.4 Å². The summed E-state index contributed by atoms with van der Waals surface area (Å²) in [5.74, 6) is 4.13. The van der Waals surface area contributed by atoms with Crippen LogP contribution in [-0.2, 0) is 6.42 Å². The predicted molar refractivity (Wildman–Crippen MR) is 204 cm³/mol. The van der Waals surface area contributed by atoms with Gasteiger partial charge in [-0.25, -0.2) is 9.67 Å². The minimum absolute atomic E-state index is 0.459. The molecule has 0 spiro atoms. The number of hydrogen-bond acceptors (Lipinski definition) is 3. The first-order valence-electron chi connectivity index (χ1n) is 17.6. The molecule has 248 valence electrons. The smallest absolute Gasteiger partial charge is 0.137 e. The van der Waals surface area contributed by atoms with E-state index in [0.29, 0.717) is 17.8 Å². The summed E-state index contributed by atoms with van der Waals surface area (Å²) in [4.78, 5) is 4.91. The van der Waals surface area contributed by atoms with Crippen molar-refractivity contribution in [3.63, 3.8) is 0 Å². The molecule has 49 heavy (non-hydrogen) atoms. The number of nitrogens with zero attached hydrogens (tertiary/aromatic N) is 4. The van der Waals surface area contributed by atoms with Crippen molar-refractivity contribution in [2.45, 2.75) is 67.2 Å². The van der Waals surface area contributed by atoms with Crippen LogP contribution in [0.5, 0.6) is 11.5 Å². The molecular formula is C44H46N4O. The van der Waals surface area contributed by atoms with Crippen molar-refractivity contribution >= 4 is 21.8 Å². The highest BCUT2D eigenvalue weighted by Crippen LogP contribution is 2.38. The van der Waals surface area contributed by atoms with E-state index in [4.69, 9.17) is 14.8 Å². The van der Waals surface area contributed by atoms with Crippen molar-refractivity contribution in [1.82, 2.24) is 19.3 Å². The molecule has 7 aromatic rings. The second kappa shape index (κ2) is 13.4. The first kappa shape index (κ1) is 32.4. The lowest BCUT2D eigenvalue weighted by Gasteiger charge is -2.16. The van der Waals surface area contributed by atoms with E-state index < -0.39 is 0 Å². The highest BCUT2D eigenvalue weighted by atomic mass is 16.5. The van der Waals surface area contributed by atoms with Gasteiger partial charge in [-0.1, -0.05) is 77.1 Å². The summed E-state index contributed by atoms with van der Waals surface area (Å²) >= 11 is 0. The SMILES string of the molecule is Cc1nn(-c2cccc(Oc3ccc4c5cc(C(C)C(C)C)ccc5n(-c5cc(CCC(C)C)ccn5)c4c3)c2)c(C)c1-c1ccccc1. The summed E-state index contributed by atoms with van der Waals surface area (Å²) in [6, 6.07) is 36.4. The normalized spacial score (nSPS) is 12.4. The van der Waals surface area contributed by atoms with Crippen LogP contribution in [0, 0.1) is 25.7 Å². The lowest BCUT2D eigenvalue weighted by molar-refractivity contribution is 0.482. The molecule has 0 radical (unpaired) electrons. The summed E-state index contributed by atoms with van der Waals surface area (Å²) in [6.07, 6.45) is 4.13. The van der Waals surface area contributed by atoms with E-state index in [1.54, 1.807) is 0 Å². The van der Waals surface area contributed by atoms with Crippen LogP contribution in [-0.4, -0.2) is 19.3 Å². The number of aryl methyl sites for hydroxylation is 2. The molecule has 0 saturated carbocycles. The van der Waals surface area contributed by atoms with Gasteiger partial charge in [-0.05, 0) is 110 Å². The zero-order valence-electron chi connectivity index (χ0n) is 29.7. The molecule has 3 aromatic heterocycles. The van der Waals surface area contributed by atoms with E-state index in [2.05, 4.69) is 138 Å². The lowest BCUT2D eigenvalue weighted by atomic mass is 9.89. The zero-order valence-corrected chi connectivity index (χ0v) is 29.7.